The predicted octanol–water partition coefficient (Wildman–Crippen LogP) is 10.4. The zero-order valence-corrected chi connectivity index (χ0v) is 24.8. The van der Waals surface area contributed by atoms with Crippen LogP contribution < -0.4 is 4.74 Å². The summed E-state index contributed by atoms with van der Waals surface area (Å²) in [7, 11) is 0. The Morgan fingerprint density at radius 2 is 1.45 bits per heavy atom. The van der Waals surface area contributed by atoms with Crippen molar-refractivity contribution >= 4 is 0 Å². The maximum Gasteiger partial charge on any atom is 0.201 e. The number of halogens is 3. The van der Waals surface area contributed by atoms with E-state index >= 15 is 4.39 Å². The Hall–Kier alpha value is -3.09. The second-order valence-corrected chi connectivity index (χ2v) is 11.0. The Kier molecular flexibility index (Phi) is 12.5. The van der Waals surface area contributed by atoms with Gasteiger partial charge >= 0.3 is 0 Å². The molecule has 0 aromatic heterocycles. The van der Waals surface area contributed by atoms with E-state index in [9.17, 15) is 8.78 Å². The normalized spacial score (nSPS) is 17.2. The Bertz CT molecular complexity index is 1280. The van der Waals surface area contributed by atoms with Crippen LogP contribution in [0, 0.1) is 17.5 Å². The maximum atomic E-state index is 15.1. The van der Waals surface area contributed by atoms with Gasteiger partial charge in [-0.05, 0) is 60.2 Å². The largest absolute Gasteiger partial charge is 0.490 e. The number of rotatable bonds is 15. The fraction of sp³-hybridized carbons (Fsp3) is 0.444. The standard InChI is InChI=1S/C36H43F3O3/c1-3-5-7-8-9-10-12-22-40-33-21-20-31(35(38)36(33)39)27-16-14-26(15-17-27)28-18-19-30(32(37)23-28)29-24-41-34(42-25-29)13-11-6-4-2/h4,6,14-21,23,29,34H,3,5,7-13,22,24-25H2,1-2H3/b6-4+. The molecule has 3 aromatic rings. The van der Waals surface area contributed by atoms with Gasteiger partial charge in [-0.3, -0.25) is 0 Å². The average molecular weight is 581 g/mol. The third-order valence-electron chi connectivity index (χ3n) is 7.79. The molecule has 0 amide bonds. The van der Waals surface area contributed by atoms with Crippen molar-refractivity contribution in [3.63, 3.8) is 0 Å². The summed E-state index contributed by atoms with van der Waals surface area (Å²) >= 11 is 0. The van der Waals surface area contributed by atoms with Gasteiger partial charge in [0, 0.05) is 17.9 Å². The van der Waals surface area contributed by atoms with Crippen LogP contribution in [0.4, 0.5) is 13.2 Å². The van der Waals surface area contributed by atoms with Crippen molar-refractivity contribution in [1.82, 2.24) is 0 Å². The number of benzene rings is 3. The lowest BCUT2D eigenvalue weighted by Gasteiger charge is -2.29. The lowest BCUT2D eigenvalue weighted by atomic mass is 9.95. The summed E-state index contributed by atoms with van der Waals surface area (Å²) < 4.78 is 62.0. The minimum absolute atomic E-state index is 0.0626. The van der Waals surface area contributed by atoms with Crippen LogP contribution in [0.1, 0.15) is 83.1 Å². The van der Waals surface area contributed by atoms with Crippen LogP contribution in [0.25, 0.3) is 22.3 Å². The Morgan fingerprint density at radius 3 is 2.14 bits per heavy atom. The van der Waals surface area contributed by atoms with E-state index in [4.69, 9.17) is 14.2 Å². The first-order chi connectivity index (χ1) is 20.5. The number of hydrogen-bond acceptors (Lipinski definition) is 3. The molecule has 1 heterocycles. The summed E-state index contributed by atoms with van der Waals surface area (Å²) in [6.07, 6.45) is 13.4. The van der Waals surface area contributed by atoms with Crippen molar-refractivity contribution in [2.45, 2.75) is 83.8 Å². The number of allylic oxidation sites excluding steroid dienone is 2. The number of ether oxygens (including phenoxy) is 3. The van der Waals surface area contributed by atoms with E-state index in [-0.39, 0.29) is 29.3 Å². The molecular formula is C36H43F3O3. The molecule has 4 rings (SSSR count). The van der Waals surface area contributed by atoms with Crippen LogP contribution in [0.2, 0.25) is 0 Å². The summed E-state index contributed by atoms with van der Waals surface area (Å²) in [6.45, 7) is 5.36. The summed E-state index contributed by atoms with van der Waals surface area (Å²) in [5.41, 5.74) is 2.73. The van der Waals surface area contributed by atoms with E-state index in [2.05, 4.69) is 13.0 Å². The van der Waals surface area contributed by atoms with Gasteiger partial charge in [0.05, 0.1) is 19.8 Å². The van der Waals surface area contributed by atoms with Crippen LogP contribution in [0.5, 0.6) is 5.75 Å². The summed E-state index contributed by atoms with van der Waals surface area (Å²) in [4.78, 5) is 0. The first kappa shape index (κ1) is 31.8. The molecule has 1 aliphatic heterocycles. The molecular weight excluding hydrogens is 537 g/mol. The monoisotopic (exact) mass is 580 g/mol. The molecule has 1 fully saturated rings. The minimum atomic E-state index is -0.975. The van der Waals surface area contributed by atoms with Crippen LogP contribution in [-0.4, -0.2) is 26.1 Å². The van der Waals surface area contributed by atoms with Gasteiger partial charge in [-0.15, -0.1) is 0 Å². The molecule has 1 saturated heterocycles. The lowest BCUT2D eigenvalue weighted by molar-refractivity contribution is -0.189. The van der Waals surface area contributed by atoms with E-state index in [0.29, 0.717) is 36.5 Å². The zero-order chi connectivity index (χ0) is 29.7. The van der Waals surface area contributed by atoms with Gasteiger partial charge in [-0.1, -0.05) is 94.0 Å². The zero-order valence-electron chi connectivity index (χ0n) is 24.8. The Balaban J connectivity index is 1.33. The summed E-state index contributed by atoms with van der Waals surface area (Å²) in [5.74, 6) is -2.46. The highest BCUT2D eigenvalue weighted by molar-refractivity contribution is 5.71. The van der Waals surface area contributed by atoms with Crippen molar-refractivity contribution in [1.29, 1.82) is 0 Å². The van der Waals surface area contributed by atoms with Gasteiger partial charge in [0.2, 0.25) is 5.82 Å². The van der Waals surface area contributed by atoms with E-state index in [1.807, 2.05) is 19.1 Å². The third kappa shape index (κ3) is 8.71. The molecule has 0 spiro atoms. The van der Waals surface area contributed by atoms with Crippen LogP contribution >= 0.6 is 0 Å². The first-order valence-electron chi connectivity index (χ1n) is 15.4. The predicted molar refractivity (Wildman–Crippen MR) is 163 cm³/mol. The van der Waals surface area contributed by atoms with Crippen molar-refractivity contribution in [3.05, 3.63) is 89.8 Å². The Morgan fingerprint density at radius 1 is 0.786 bits per heavy atom. The van der Waals surface area contributed by atoms with Gasteiger partial charge < -0.3 is 14.2 Å². The molecule has 0 bridgehead atoms. The molecule has 0 aliphatic carbocycles. The van der Waals surface area contributed by atoms with Gasteiger partial charge in [0.1, 0.15) is 5.82 Å². The quantitative estimate of drug-likeness (QED) is 0.132. The molecule has 3 aromatic carbocycles. The molecule has 6 heteroatoms. The molecule has 42 heavy (non-hydrogen) atoms. The van der Waals surface area contributed by atoms with E-state index in [1.54, 1.807) is 36.4 Å². The van der Waals surface area contributed by atoms with Crippen LogP contribution in [0.15, 0.2) is 66.7 Å². The average Bonchev–Trinajstić information content (AvgIpc) is 3.01. The van der Waals surface area contributed by atoms with E-state index < -0.39 is 11.6 Å². The van der Waals surface area contributed by atoms with Crippen molar-refractivity contribution in [2.75, 3.05) is 19.8 Å². The van der Waals surface area contributed by atoms with Crippen LogP contribution in [0.3, 0.4) is 0 Å². The second kappa shape index (κ2) is 16.5. The van der Waals surface area contributed by atoms with Crippen molar-refractivity contribution < 1.29 is 27.4 Å². The van der Waals surface area contributed by atoms with Crippen LogP contribution in [-0.2, 0) is 9.47 Å². The highest BCUT2D eigenvalue weighted by Gasteiger charge is 2.25. The molecule has 0 N–H and O–H groups in total. The third-order valence-corrected chi connectivity index (χ3v) is 7.79. The topological polar surface area (TPSA) is 27.7 Å². The van der Waals surface area contributed by atoms with E-state index in [1.165, 1.54) is 37.8 Å². The summed E-state index contributed by atoms with van der Waals surface area (Å²) in [5, 5.41) is 0. The van der Waals surface area contributed by atoms with Gasteiger partial charge in [0.15, 0.2) is 17.9 Å². The fourth-order valence-corrected chi connectivity index (χ4v) is 5.28. The molecule has 226 valence electrons. The lowest BCUT2D eigenvalue weighted by Crippen LogP contribution is -2.31. The fourth-order valence-electron chi connectivity index (χ4n) is 5.28. The Labute approximate surface area is 248 Å². The molecule has 0 unspecified atom stereocenters. The molecule has 0 atom stereocenters. The molecule has 3 nitrogen and oxygen atoms in total. The smallest absolute Gasteiger partial charge is 0.201 e. The number of unbranched alkanes of at least 4 members (excludes halogenated alkanes) is 6. The highest BCUT2D eigenvalue weighted by atomic mass is 19.2. The van der Waals surface area contributed by atoms with Gasteiger partial charge in [-0.2, -0.15) is 4.39 Å². The first-order valence-corrected chi connectivity index (χ1v) is 15.4. The molecule has 0 saturated carbocycles. The van der Waals surface area contributed by atoms with Crippen molar-refractivity contribution in [2.24, 2.45) is 0 Å². The maximum absolute atomic E-state index is 15.1. The second-order valence-electron chi connectivity index (χ2n) is 11.0. The highest BCUT2D eigenvalue weighted by Crippen LogP contribution is 2.33. The molecule has 1 aliphatic rings. The minimum Gasteiger partial charge on any atom is -0.490 e. The summed E-state index contributed by atoms with van der Waals surface area (Å²) in [6, 6.07) is 15.2. The SMILES string of the molecule is C/C=C/CCC1OCC(c2ccc(-c3ccc(-c4ccc(OCCCCCCCCC)c(F)c4F)cc3)cc2F)CO1. The van der Waals surface area contributed by atoms with Gasteiger partial charge in [-0.25, -0.2) is 8.78 Å². The van der Waals surface area contributed by atoms with Gasteiger partial charge in [0.25, 0.3) is 0 Å². The van der Waals surface area contributed by atoms with E-state index in [0.717, 1.165) is 37.7 Å². The molecule has 0 radical (unpaired) electrons. The number of hydrogen-bond donors (Lipinski definition) is 0. The van der Waals surface area contributed by atoms with Crippen molar-refractivity contribution in [3.8, 4) is 28.0 Å².